The van der Waals surface area contributed by atoms with Crippen LogP contribution < -0.4 is 5.48 Å². The lowest BCUT2D eigenvalue weighted by molar-refractivity contribution is -0.0429. The van der Waals surface area contributed by atoms with E-state index in [-0.39, 0.29) is 12.7 Å². The van der Waals surface area contributed by atoms with Crippen molar-refractivity contribution in [1.29, 1.82) is 0 Å². The number of hydroxylamine groups is 1. The van der Waals surface area contributed by atoms with Crippen LogP contribution in [0.15, 0.2) is 0 Å². The van der Waals surface area contributed by atoms with Crippen molar-refractivity contribution in [1.82, 2.24) is 5.48 Å². The van der Waals surface area contributed by atoms with Crippen LogP contribution in [0.2, 0.25) is 0 Å². The highest BCUT2D eigenvalue weighted by Gasteiger charge is 2.07. The molecule has 0 spiro atoms. The molecule has 0 rings (SSSR count). The Kier molecular flexibility index (Phi) is 8.27. The zero-order valence-electron chi connectivity index (χ0n) is 8.45. The summed E-state index contributed by atoms with van der Waals surface area (Å²) in [7, 11) is 3.11. The van der Waals surface area contributed by atoms with Gasteiger partial charge in [-0.15, -0.1) is 0 Å². The third-order valence-corrected chi connectivity index (χ3v) is 1.44. The number of aliphatic hydroxyl groups is 1. The molecule has 0 saturated heterocycles. The van der Waals surface area contributed by atoms with Gasteiger partial charge in [0.15, 0.2) is 0 Å². The molecule has 2 N–H and O–H groups in total. The average Bonchev–Trinajstić information content (AvgIpc) is 2.12. The molecule has 0 fully saturated rings. The Labute approximate surface area is 78.9 Å². The minimum Gasteiger partial charge on any atom is -0.389 e. The number of nitrogens with one attached hydrogen (secondary N) is 1. The van der Waals surface area contributed by atoms with E-state index in [4.69, 9.17) is 9.47 Å². The van der Waals surface area contributed by atoms with Gasteiger partial charge < -0.3 is 19.4 Å². The number of rotatable bonds is 8. The summed E-state index contributed by atoms with van der Waals surface area (Å²) in [5.41, 5.74) is 2.54. The lowest BCUT2D eigenvalue weighted by atomic mass is 10.4. The molecule has 5 heteroatoms. The highest BCUT2D eigenvalue weighted by Crippen LogP contribution is 1.93. The van der Waals surface area contributed by atoms with Crippen molar-refractivity contribution < 1.29 is 19.4 Å². The molecule has 0 aliphatic heterocycles. The van der Waals surface area contributed by atoms with Crippen LogP contribution >= 0.6 is 0 Å². The minimum absolute atomic E-state index is 0.00203. The minimum atomic E-state index is -0.556. The third kappa shape index (κ3) is 8.14. The molecule has 0 aromatic heterocycles. The second-order valence-electron chi connectivity index (χ2n) is 2.81. The van der Waals surface area contributed by atoms with E-state index in [0.29, 0.717) is 13.2 Å². The van der Waals surface area contributed by atoms with E-state index in [2.05, 4.69) is 10.3 Å². The predicted octanol–water partition coefficient (Wildman–Crippen LogP) is -0.450. The van der Waals surface area contributed by atoms with Crippen molar-refractivity contribution in [2.24, 2.45) is 0 Å². The summed E-state index contributed by atoms with van der Waals surface area (Å²) in [4.78, 5) is 4.58. The maximum atomic E-state index is 9.29. The van der Waals surface area contributed by atoms with Gasteiger partial charge in [-0.2, -0.15) is 0 Å². The number of aliphatic hydroxyl groups excluding tert-OH is 1. The molecule has 0 aromatic carbocycles. The maximum Gasteiger partial charge on any atom is 0.0921 e. The second-order valence-corrected chi connectivity index (χ2v) is 2.81. The van der Waals surface area contributed by atoms with Gasteiger partial charge in [-0.1, -0.05) is 0 Å². The predicted molar refractivity (Wildman–Crippen MR) is 48.3 cm³/mol. The van der Waals surface area contributed by atoms with Crippen LogP contribution in [0, 0.1) is 0 Å². The smallest absolute Gasteiger partial charge is 0.0921 e. The highest BCUT2D eigenvalue weighted by atomic mass is 16.6. The van der Waals surface area contributed by atoms with Gasteiger partial charge in [0.25, 0.3) is 0 Å². The number of ether oxygens (including phenoxy) is 2. The summed E-state index contributed by atoms with van der Waals surface area (Å²) in [5, 5.41) is 9.29. The summed E-state index contributed by atoms with van der Waals surface area (Å²) < 4.78 is 10.1. The SMILES string of the molecule is COCC(C)OCC(O)CNOC. The first kappa shape index (κ1) is 12.8. The van der Waals surface area contributed by atoms with Gasteiger partial charge in [0.1, 0.15) is 0 Å². The molecule has 5 nitrogen and oxygen atoms in total. The van der Waals surface area contributed by atoms with Crippen molar-refractivity contribution in [3.05, 3.63) is 0 Å². The van der Waals surface area contributed by atoms with Crippen molar-refractivity contribution in [2.45, 2.75) is 19.1 Å². The van der Waals surface area contributed by atoms with Crippen molar-refractivity contribution in [3.63, 3.8) is 0 Å². The number of hydrogen-bond donors (Lipinski definition) is 2. The van der Waals surface area contributed by atoms with Crippen LogP contribution in [0.25, 0.3) is 0 Å². The average molecular weight is 193 g/mol. The van der Waals surface area contributed by atoms with Gasteiger partial charge in [0, 0.05) is 13.7 Å². The molecular weight excluding hydrogens is 174 g/mol. The van der Waals surface area contributed by atoms with E-state index >= 15 is 0 Å². The van der Waals surface area contributed by atoms with Crippen LogP contribution in [0.3, 0.4) is 0 Å². The molecule has 0 bridgehead atoms. The monoisotopic (exact) mass is 193 g/mol. The normalized spacial score (nSPS) is 15.7. The standard InChI is InChI=1S/C8H19NO4/c1-7(5-11-2)13-6-8(10)4-9-12-3/h7-10H,4-6H2,1-3H3. The van der Waals surface area contributed by atoms with Crippen LogP contribution in [-0.4, -0.2) is 51.3 Å². The molecule has 2 atom stereocenters. The second kappa shape index (κ2) is 8.40. The summed E-state index contributed by atoms with van der Waals surface area (Å²) >= 11 is 0. The molecule has 0 aliphatic rings. The molecule has 0 heterocycles. The van der Waals surface area contributed by atoms with Gasteiger partial charge in [0.05, 0.1) is 32.5 Å². The third-order valence-electron chi connectivity index (χ3n) is 1.44. The molecule has 2 unspecified atom stereocenters. The molecule has 80 valence electrons. The summed E-state index contributed by atoms with van der Waals surface area (Å²) in [5.74, 6) is 0. The van der Waals surface area contributed by atoms with Crippen molar-refractivity contribution in [3.8, 4) is 0 Å². The zero-order chi connectivity index (χ0) is 10.1. The maximum absolute atomic E-state index is 9.29. The number of methoxy groups -OCH3 is 1. The van der Waals surface area contributed by atoms with Crippen LogP contribution in [0.1, 0.15) is 6.92 Å². The Morgan fingerprint density at radius 3 is 2.54 bits per heavy atom. The van der Waals surface area contributed by atoms with Gasteiger partial charge >= 0.3 is 0 Å². The van der Waals surface area contributed by atoms with Crippen LogP contribution in [0.5, 0.6) is 0 Å². The lowest BCUT2D eigenvalue weighted by Gasteiger charge is -2.15. The summed E-state index contributed by atoms with van der Waals surface area (Å²) in [6.07, 6.45) is -0.554. The molecule has 0 aliphatic carbocycles. The molecular formula is C8H19NO4. The van der Waals surface area contributed by atoms with E-state index in [1.807, 2.05) is 6.92 Å². The van der Waals surface area contributed by atoms with Gasteiger partial charge in [-0.05, 0) is 6.92 Å². The first-order valence-electron chi connectivity index (χ1n) is 4.25. The number of hydrogen-bond acceptors (Lipinski definition) is 5. The summed E-state index contributed by atoms with van der Waals surface area (Å²) in [6.45, 7) is 3.06. The van der Waals surface area contributed by atoms with Gasteiger partial charge in [-0.25, -0.2) is 5.48 Å². The van der Waals surface area contributed by atoms with E-state index in [9.17, 15) is 5.11 Å². The lowest BCUT2D eigenvalue weighted by Crippen LogP contribution is -2.31. The highest BCUT2D eigenvalue weighted by molar-refractivity contribution is 4.56. The molecule has 0 aromatic rings. The first-order chi connectivity index (χ1) is 6.20. The quantitative estimate of drug-likeness (QED) is 0.511. The van der Waals surface area contributed by atoms with Crippen LogP contribution in [0.4, 0.5) is 0 Å². The first-order valence-corrected chi connectivity index (χ1v) is 4.25. The van der Waals surface area contributed by atoms with Gasteiger partial charge in [-0.3, -0.25) is 0 Å². The molecule has 13 heavy (non-hydrogen) atoms. The molecule has 0 amide bonds. The fraction of sp³-hybridized carbons (Fsp3) is 1.00. The fourth-order valence-electron chi connectivity index (χ4n) is 0.797. The molecule has 0 saturated carbocycles. The Hall–Kier alpha value is -0.200. The van der Waals surface area contributed by atoms with E-state index in [0.717, 1.165) is 0 Å². The molecule has 0 radical (unpaired) electrons. The fourth-order valence-corrected chi connectivity index (χ4v) is 0.797. The van der Waals surface area contributed by atoms with Crippen LogP contribution in [-0.2, 0) is 14.3 Å². The van der Waals surface area contributed by atoms with E-state index < -0.39 is 6.10 Å². The Morgan fingerprint density at radius 2 is 2.00 bits per heavy atom. The van der Waals surface area contributed by atoms with E-state index in [1.54, 1.807) is 7.11 Å². The largest absolute Gasteiger partial charge is 0.389 e. The van der Waals surface area contributed by atoms with Gasteiger partial charge in [0.2, 0.25) is 0 Å². The van der Waals surface area contributed by atoms with Crippen molar-refractivity contribution in [2.75, 3.05) is 34.0 Å². The topological polar surface area (TPSA) is 60.0 Å². The Balaban J connectivity index is 3.29. The Morgan fingerprint density at radius 1 is 1.31 bits per heavy atom. The van der Waals surface area contributed by atoms with E-state index in [1.165, 1.54) is 7.11 Å². The van der Waals surface area contributed by atoms with Crippen molar-refractivity contribution >= 4 is 0 Å². The summed E-state index contributed by atoms with van der Waals surface area (Å²) in [6, 6.07) is 0. The Bertz CT molecular complexity index is 112. The zero-order valence-corrected chi connectivity index (χ0v) is 8.45.